The number of nitrogens with one attached hydrogen (secondary N) is 3. The molecule has 9 nitrogen and oxygen atoms in total. The van der Waals surface area contributed by atoms with Crippen LogP contribution < -0.4 is 20.7 Å². The Morgan fingerprint density at radius 2 is 1.71 bits per heavy atom. The summed E-state index contributed by atoms with van der Waals surface area (Å²) in [6.45, 7) is 0.0727. The molecule has 2 fully saturated rings. The van der Waals surface area contributed by atoms with Crippen LogP contribution in [0.1, 0.15) is 50.5 Å². The average Bonchev–Trinajstić information content (AvgIpc) is 3.33. The van der Waals surface area contributed by atoms with Crippen molar-refractivity contribution in [3.8, 4) is 5.75 Å². The third kappa shape index (κ3) is 5.81. The number of carbonyl (C=O) groups excluding carboxylic acids is 4. The molecule has 1 saturated carbocycles. The first-order valence-electron chi connectivity index (χ1n) is 12.0. The number of halogens is 1. The molecule has 1 saturated heterocycles. The van der Waals surface area contributed by atoms with Crippen LogP contribution in [0.2, 0.25) is 5.02 Å². The SMILES string of the molecule is O=C1COc2ccc(Cl)cc2CNC(=O)[C@@H]2CCCN2C(=O)C(C2CCCCC2)NC(=O)CN1. The summed E-state index contributed by atoms with van der Waals surface area (Å²) in [4.78, 5) is 53.3. The quantitative estimate of drug-likeness (QED) is 0.552. The van der Waals surface area contributed by atoms with Crippen molar-refractivity contribution >= 4 is 35.2 Å². The molecule has 2 heterocycles. The maximum atomic E-state index is 13.6. The van der Waals surface area contributed by atoms with Crippen molar-refractivity contribution in [3.63, 3.8) is 0 Å². The molecule has 2 atom stereocenters. The van der Waals surface area contributed by atoms with E-state index in [1.807, 2.05) is 0 Å². The van der Waals surface area contributed by atoms with Gasteiger partial charge in [-0.2, -0.15) is 0 Å². The van der Waals surface area contributed by atoms with Crippen molar-refractivity contribution in [2.75, 3.05) is 19.7 Å². The fraction of sp³-hybridized carbons (Fsp3) is 0.583. The van der Waals surface area contributed by atoms with Gasteiger partial charge in [-0.3, -0.25) is 19.2 Å². The molecule has 1 aromatic rings. The molecule has 3 N–H and O–H groups in total. The predicted octanol–water partition coefficient (Wildman–Crippen LogP) is 1.52. The number of ether oxygens (including phenoxy) is 1. The van der Waals surface area contributed by atoms with Crippen molar-refractivity contribution in [3.05, 3.63) is 28.8 Å². The molecular weight excluding hydrogens is 460 g/mol. The zero-order valence-electron chi connectivity index (χ0n) is 19.1. The van der Waals surface area contributed by atoms with Crippen LogP contribution in [0, 0.1) is 5.92 Å². The standard InChI is InChI=1S/C24H31ClN4O5/c25-17-8-9-19-16(11-17)12-27-23(32)18-7-4-10-29(18)24(33)22(15-5-2-1-3-6-15)28-20(30)13-26-21(31)14-34-19/h8-9,11,15,18,22H,1-7,10,12-14H2,(H,26,31)(H,27,32)(H,28,30)/t18-,22?/m0/s1. The lowest BCUT2D eigenvalue weighted by molar-refractivity contribution is -0.143. The Morgan fingerprint density at radius 1 is 0.912 bits per heavy atom. The fourth-order valence-corrected chi connectivity index (χ4v) is 5.25. The smallest absolute Gasteiger partial charge is 0.258 e. The van der Waals surface area contributed by atoms with Gasteiger partial charge >= 0.3 is 0 Å². The minimum absolute atomic E-state index is 0.0152. The molecule has 0 spiro atoms. The lowest BCUT2D eigenvalue weighted by atomic mass is 9.83. The van der Waals surface area contributed by atoms with Crippen molar-refractivity contribution < 1.29 is 23.9 Å². The largest absolute Gasteiger partial charge is 0.483 e. The van der Waals surface area contributed by atoms with Gasteiger partial charge in [-0.15, -0.1) is 0 Å². The third-order valence-electron chi connectivity index (χ3n) is 6.82. The van der Waals surface area contributed by atoms with Gasteiger partial charge in [0.25, 0.3) is 5.91 Å². The van der Waals surface area contributed by atoms with Gasteiger partial charge in [-0.05, 0) is 49.8 Å². The predicted molar refractivity (Wildman–Crippen MR) is 125 cm³/mol. The normalized spacial score (nSPS) is 25.5. The third-order valence-corrected chi connectivity index (χ3v) is 7.06. The summed E-state index contributed by atoms with van der Waals surface area (Å²) in [5, 5.41) is 8.77. The molecular formula is C24H31ClN4O5. The van der Waals surface area contributed by atoms with Crippen molar-refractivity contribution in [1.29, 1.82) is 0 Å². The van der Waals surface area contributed by atoms with E-state index in [0.717, 1.165) is 38.5 Å². The van der Waals surface area contributed by atoms with E-state index < -0.39 is 23.9 Å². The van der Waals surface area contributed by atoms with Crippen molar-refractivity contribution in [2.24, 2.45) is 5.92 Å². The van der Waals surface area contributed by atoms with Crippen molar-refractivity contribution in [1.82, 2.24) is 20.9 Å². The average molecular weight is 491 g/mol. The molecule has 0 bridgehead atoms. The topological polar surface area (TPSA) is 117 Å². The van der Waals surface area contributed by atoms with Gasteiger partial charge in [-0.1, -0.05) is 30.9 Å². The Balaban J connectivity index is 1.59. The molecule has 10 heteroatoms. The van der Waals surface area contributed by atoms with Crippen LogP contribution in [-0.2, 0) is 25.7 Å². The van der Waals surface area contributed by atoms with E-state index in [0.29, 0.717) is 29.3 Å². The molecule has 1 aliphatic carbocycles. The monoisotopic (exact) mass is 490 g/mol. The number of benzene rings is 1. The Morgan fingerprint density at radius 3 is 2.50 bits per heavy atom. The highest BCUT2D eigenvalue weighted by atomic mass is 35.5. The van der Waals surface area contributed by atoms with Gasteiger partial charge in [0.15, 0.2) is 6.61 Å². The molecule has 1 unspecified atom stereocenters. The summed E-state index contributed by atoms with van der Waals surface area (Å²) in [6, 6.07) is 3.64. The second-order valence-electron chi connectivity index (χ2n) is 9.17. The lowest BCUT2D eigenvalue weighted by Gasteiger charge is -2.34. The maximum Gasteiger partial charge on any atom is 0.258 e. The van der Waals surface area contributed by atoms with Gasteiger partial charge < -0.3 is 25.6 Å². The minimum Gasteiger partial charge on any atom is -0.483 e. The van der Waals surface area contributed by atoms with Gasteiger partial charge in [-0.25, -0.2) is 0 Å². The highest BCUT2D eigenvalue weighted by Gasteiger charge is 2.40. The van der Waals surface area contributed by atoms with Gasteiger partial charge in [0.2, 0.25) is 17.7 Å². The van der Waals surface area contributed by atoms with Crippen LogP contribution in [-0.4, -0.2) is 60.3 Å². The summed E-state index contributed by atoms with van der Waals surface area (Å²) in [7, 11) is 0. The molecule has 0 aromatic heterocycles. The van der Waals surface area contributed by atoms with E-state index in [4.69, 9.17) is 16.3 Å². The van der Waals surface area contributed by atoms with E-state index in [1.54, 1.807) is 23.1 Å². The summed E-state index contributed by atoms with van der Waals surface area (Å²) in [5.74, 6) is -0.947. The van der Waals surface area contributed by atoms with E-state index in [1.165, 1.54) is 0 Å². The van der Waals surface area contributed by atoms with Gasteiger partial charge in [0.1, 0.15) is 17.8 Å². The van der Waals surface area contributed by atoms with Crippen LogP contribution in [0.3, 0.4) is 0 Å². The molecule has 4 rings (SSSR count). The molecule has 0 radical (unpaired) electrons. The van der Waals surface area contributed by atoms with Gasteiger partial charge in [0.05, 0.1) is 6.54 Å². The molecule has 1 aromatic carbocycles. The van der Waals surface area contributed by atoms with Crippen LogP contribution in [0.5, 0.6) is 5.75 Å². The number of hydrogen-bond acceptors (Lipinski definition) is 5. The number of nitrogens with zero attached hydrogens (tertiary/aromatic N) is 1. The number of carbonyl (C=O) groups is 4. The zero-order chi connectivity index (χ0) is 24.1. The fourth-order valence-electron chi connectivity index (χ4n) is 5.06. The number of amides is 4. The number of fused-ring (bicyclic) bond motifs is 2. The van der Waals surface area contributed by atoms with E-state index in [-0.39, 0.29) is 37.4 Å². The van der Waals surface area contributed by atoms with Gasteiger partial charge in [0, 0.05) is 23.7 Å². The second-order valence-corrected chi connectivity index (χ2v) is 9.60. The first kappa shape index (κ1) is 24.3. The molecule has 4 amide bonds. The van der Waals surface area contributed by atoms with E-state index in [2.05, 4.69) is 16.0 Å². The first-order valence-corrected chi connectivity index (χ1v) is 12.4. The number of rotatable bonds is 1. The molecule has 3 aliphatic rings. The minimum atomic E-state index is -0.707. The molecule has 2 aliphatic heterocycles. The number of hydrogen-bond donors (Lipinski definition) is 3. The highest BCUT2D eigenvalue weighted by Crippen LogP contribution is 2.29. The van der Waals surface area contributed by atoms with Crippen LogP contribution >= 0.6 is 11.6 Å². The summed E-state index contributed by atoms with van der Waals surface area (Å²) in [6.07, 6.45) is 6.10. The Labute approximate surface area is 203 Å². The summed E-state index contributed by atoms with van der Waals surface area (Å²) in [5.41, 5.74) is 0.620. The summed E-state index contributed by atoms with van der Waals surface area (Å²) >= 11 is 6.12. The van der Waals surface area contributed by atoms with E-state index in [9.17, 15) is 19.2 Å². The molecule has 34 heavy (non-hydrogen) atoms. The van der Waals surface area contributed by atoms with Crippen LogP contribution in [0.15, 0.2) is 18.2 Å². The van der Waals surface area contributed by atoms with Crippen LogP contribution in [0.25, 0.3) is 0 Å². The zero-order valence-corrected chi connectivity index (χ0v) is 19.9. The first-order chi connectivity index (χ1) is 16.4. The summed E-state index contributed by atoms with van der Waals surface area (Å²) < 4.78 is 5.63. The Hall–Kier alpha value is -2.81. The van der Waals surface area contributed by atoms with Crippen LogP contribution in [0.4, 0.5) is 0 Å². The van der Waals surface area contributed by atoms with E-state index >= 15 is 0 Å². The maximum absolute atomic E-state index is 13.6. The Bertz CT molecular complexity index is 949. The Kier molecular flexibility index (Phi) is 7.92. The second kappa shape index (κ2) is 11.1. The highest BCUT2D eigenvalue weighted by molar-refractivity contribution is 6.30. The van der Waals surface area contributed by atoms with Crippen molar-refractivity contribution in [2.45, 2.75) is 63.6 Å². The molecule has 184 valence electrons. The lowest BCUT2D eigenvalue weighted by Crippen LogP contribution is -2.57.